The monoisotopic (exact) mass is 449 g/mol. The molecule has 0 aliphatic rings. The second kappa shape index (κ2) is 10.8. The highest BCUT2D eigenvalue weighted by Crippen LogP contribution is 2.29. The Morgan fingerprint density at radius 2 is 1.76 bits per heavy atom. The average Bonchev–Trinajstić information content (AvgIpc) is 3.31. The van der Waals surface area contributed by atoms with Gasteiger partial charge in [0.1, 0.15) is 29.7 Å². The van der Waals surface area contributed by atoms with E-state index in [1.54, 1.807) is 17.8 Å². The van der Waals surface area contributed by atoms with E-state index in [4.69, 9.17) is 14.6 Å². The summed E-state index contributed by atoms with van der Waals surface area (Å²) >= 11 is 0. The van der Waals surface area contributed by atoms with Crippen molar-refractivity contribution in [2.24, 2.45) is 0 Å². The number of benzene rings is 3. The van der Waals surface area contributed by atoms with Crippen LogP contribution in [0.5, 0.6) is 5.75 Å². The van der Waals surface area contributed by atoms with Crippen LogP contribution in [0.2, 0.25) is 0 Å². The van der Waals surface area contributed by atoms with Crippen molar-refractivity contribution in [3.05, 3.63) is 108 Å². The van der Waals surface area contributed by atoms with E-state index in [0.29, 0.717) is 23.6 Å². The molecule has 0 aliphatic carbocycles. The van der Waals surface area contributed by atoms with Gasteiger partial charge < -0.3 is 9.47 Å². The first-order chi connectivity index (χ1) is 16.7. The Morgan fingerprint density at radius 1 is 1.03 bits per heavy atom. The molecule has 4 aromatic rings. The highest BCUT2D eigenvalue weighted by atomic mass is 16.5. The van der Waals surface area contributed by atoms with Crippen molar-refractivity contribution >= 4 is 12.0 Å². The summed E-state index contributed by atoms with van der Waals surface area (Å²) in [6.07, 6.45) is 3.30. The standard InChI is InChI=1S/C28H23N3O3/c1-2-33-28(32)23(18-29)16-24-19-31(25-13-7-4-8-14-25)30-27(24)22-12-9-15-26(17-22)34-20-21-10-5-3-6-11-21/h3-17,19H,2,20H2,1H3. The van der Waals surface area contributed by atoms with E-state index in [9.17, 15) is 10.1 Å². The van der Waals surface area contributed by atoms with Crippen LogP contribution in [0.4, 0.5) is 0 Å². The molecule has 0 bridgehead atoms. The minimum Gasteiger partial charge on any atom is -0.489 e. The van der Waals surface area contributed by atoms with Crippen molar-refractivity contribution in [1.29, 1.82) is 5.26 Å². The number of rotatable bonds is 8. The molecule has 0 unspecified atom stereocenters. The summed E-state index contributed by atoms with van der Waals surface area (Å²) in [5.41, 5.74) is 3.87. The number of carbonyl (C=O) groups is 1. The van der Waals surface area contributed by atoms with Gasteiger partial charge in [-0.25, -0.2) is 9.48 Å². The summed E-state index contributed by atoms with van der Waals surface area (Å²) in [5.74, 6) is 0.0276. The molecule has 1 heterocycles. The predicted octanol–water partition coefficient (Wildman–Crippen LogP) is 5.59. The second-order valence-electron chi connectivity index (χ2n) is 7.41. The molecule has 0 fully saturated rings. The van der Waals surface area contributed by atoms with Crippen LogP contribution < -0.4 is 4.74 Å². The molecule has 0 spiro atoms. The summed E-state index contributed by atoms with van der Waals surface area (Å²) in [7, 11) is 0. The van der Waals surface area contributed by atoms with Gasteiger partial charge in [0, 0.05) is 17.3 Å². The van der Waals surface area contributed by atoms with Crippen LogP contribution in [0.15, 0.2) is 96.7 Å². The number of carbonyl (C=O) groups excluding carboxylic acids is 1. The molecule has 6 heteroatoms. The largest absolute Gasteiger partial charge is 0.489 e. The van der Waals surface area contributed by atoms with Crippen LogP contribution >= 0.6 is 0 Å². The summed E-state index contributed by atoms with van der Waals surface area (Å²) in [5, 5.41) is 14.3. The zero-order valence-corrected chi connectivity index (χ0v) is 18.7. The fourth-order valence-electron chi connectivity index (χ4n) is 3.41. The van der Waals surface area contributed by atoms with E-state index in [0.717, 1.165) is 16.8 Å². The first-order valence-electron chi connectivity index (χ1n) is 10.9. The van der Waals surface area contributed by atoms with Crippen molar-refractivity contribution in [3.8, 4) is 28.8 Å². The molecule has 0 saturated carbocycles. The Bertz CT molecular complexity index is 1340. The third-order valence-corrected chi connectivity index (χ3v) is 5.03. The van der Waals surface area contributed by atoms with Crippen molar-refractivity contribution in [3.63, 3.8) is 0 Å². The van der Waals surface area contributed by atoms with Crippen molar-refractivity contribution in [1.82, 2.24) is 9.78 Å². The number of para-hydroxylation sites is 1. The van der Waals surface area contributed by atoms with E-state index >= 15 is 0 Å². The van der Waals surface area contributed by atoms with Crippen LogP contribution in [0, 0.1) is 11.3 Å². The lowest BCUT2D eigenvalue weighted by Crippen LogP contribution is -2.06. The molecule has 4 rings (SSSR count). The van der Waals surface area contributed by atoms with E-state index in [-0.39, 0.29) is 12.2 Å². The Kier molecular flexibility index (Phi) is 7.16. The Labute approximate surface area is 198 Å². The van der Waals surface area contributed by atoms with Crippen molar-refractivity contribution in [2.75, 3.05) is 6.61 Å². The molecule has 0 aliphatic heterocycles. The molecule has 0 atom stereocenters. The zero-order valence-electron chi connectivity index (χ0n) is 18.7. The molecular weight excluding hydrogens is 426 g/mol. The third kappa shape index (κ3) is 5.40. The Morgan fingerprint density at radius 3 is 2.47 bits per heavy atom. The SMILES string of the molecule is CCOC(=O)C(C#N)=Cc1cn(-c2ccccc2)nc1-c1cccc(OCc2ccccc2)c1. The minimum absolute atomic E-state index is 0.0906. The summed E-state index contributed by atoms with van der Waals surface area (Å²) in [6.45, 7) is 2.33. The maximum absolute atomic E-state index is 12.2. The first-order valence-corrected chi connectivity index (χ1v) is 10.9. The van der Waals surface area contributed by atoms with Gasteiger partial charge in [-0.1, -0.05) is 60.7 Å². The number of nitriles is 1. The maximum atomic E-state index is 12.2. The number of aromatic nitrogens is 2. The highest BCUT2D eigenvalue weighted by Gasteiger charge is 2.16. The maximum Gasteiger partial charge on any atom is 0.348 e. The molecular formula is C28H23N3O3. The summed E-state index contributed by atoms with van der Waals surface area (Å²) < 4.78 is 12.7. The van der Waals surface area contributed by atoms with E-state index < -0.39 is 5.97 Å². The molecule has 168 valence electrons. The molecule has 1 aromatic heterocycles. The van der Waals surface area contributed by atoms with Gasteiger partial charge in [-0.2, -0.15) is 10.4 Å². The molecule has 3 aromatic carbocycles. The zero-order chi connectivity index (χ0) is 23.8. The molecule has 0 saturated heterocycles. The molecule has 34 heavy (non-hydrogen) atoms. The Balaban J connectivity index is 1.72. The number of nitrogens with zero attached hydrogens (tertiary/aromatic N) is 3. The van der Waals surface area contributed by atoms with Crippen LogP contribution in [0.1, 0.15) is 18.1 Å². The van der Waals surface area contributed by atoms with Gasteiger partial charge >= 0.3 is 5.97 Å². The van der Waals surface area contributed by atoms with Gasteiger partial charge in [0.25, 0.3) is 0 Å². The van der Waals surface area contributed by atoms with Crippen LogP contribution in [0.25, 0.3) is 23.0 Å². The number of esters is 1. The molecule has 6 nitrogen and oxygen atoms in total. The smallest absolute Gasteiger partial charge is 0.348 e. The van der Waals surface area contributed by atoms with Crippen molar-refractivity contribution < 1.29 is 14.3 Å². The average molecular weight is 450 g/mol. The summed E-state index contributed by atoms with van der Waals surface area (Å²) in [6, 6.07) is 29.1. The molecule has 0 amide bonds. The van der Waals surface area contributed by atoms with Gasteiger partial charge in [-0.3, -0.25) is 0 Å². The second-order valence-corrected chi connectivity index (χ2v) is 7.41. The van der Waals surface area contributed by atoms with Gasteiger partial charge in [-0.15, -0.1) is 0 Å². The van der Waals surface area contributed by atoms with E-state index in [1.807, 2.05) is 91.0 Å². The number of ether oxygens (including phenoxy) is 2. The normalized spacial score (nSPS) is 11.0. The molecule has 0 N–H and O–H groups in total. The lowest BCUT2D eigenvalue weighted by atomic mass is 10.1. The van der Waals surface area contributed by atoms with Gasteiger partial charge in [0.2, 0.25) is 0 Å². The number of hydrogen-bond acceptors (Lipinski definition) is 5. The third-order valence-electron chi connectivity index (χ3n) is 5.03. The van der Waals surface area contributed by atoms with Crippen LogP contribution in [-0.2, 0) is 16.1 Å². The summed E-state index contributed by atoms with van der Waals surface area (Å²) in [4.78, 5) is 12.2. The fraction of sp³-hybridized carbons (Fsp3) is 0.107. The van der Waals surface area contributed by atoms with Crippen molar-refractivity contribution in [2.45, 2.75) is 13.5 Å². The quantitative estimate of drug-likeness (QED) is 0.199. The van der Waals surface area contributed by atoms with Gasteiger partial charge in [-0.05, 0) is 42.8 Å². The minimum atomic E-state index is -0.664. The fourth-order valence-corrected chi connectivity index (χ4v) is 3.41. The van der Waals surface area contributed by atoms with Gasteiger partial charge in [0.15, 0.2) is 0 Å². The van der Waals surface area contributed by atoms with Crippen LogP contribution in [0.3, 0.4) is 0 Å². The first kappa shape index (κ1) is 22.6. The lowest BCUT2D eigenvalue weighted by molar-refractivity contribution is -0.137. The van der Waals surface area contributed by atoms with Gasteiger partial charge in [0.05, 0.1) is 12.3 Å². The highest BCUT2D eigenvalue weighted by molar-refractivity contribution is 5.98. The lowest BCUT2D eigenvalue weighted by Gasteiger charge is -2.08. The van der Waals surface area contributed by atoms with E-state index in [1.165, 1.54) is 6.08 Å². The topological polar surface area (TPSA) is 77.1 Å². The van der Waals surface area contributed by atoms with Crippen LogP contribution in [-0.4, -0.2) is 22.4 Å². The number of hydrogen-bond donors (Lipinski definition) is 0. The Hall–Kier alpha value is -4.63. The molecule has 0 radical (unpaired) electrons. The predicted molar refractivity (Wildman–Crippen MR) is 130 cm³/mol. The van der Waals surface area contributed by atoms with E-state index in [2.05, 4.69) is 0 Å².